The molecule has 0 radical (unpaired) electrons. The van der Waals surface area contributed by atoms with Crippen molar-refractivity contribution in [1.82, 2.24) is 10.3 Å². The zero-order valence-electron chi connectivity index (χ0n) is 21.2. The number of H-pyrrole nitrogens is 1. The van der Waals surface area contributed by atoms with E-state index < -0.39 is 24.0 Å². The van der Waals surface area contributed by atoms with E-state index in [4.69, 9.17) is 15.2 Å². The van der Waals surface area contributed by atoms with Gasteiger partial charge >= 0.3 is 11.9 Å². The Kier molecular flexibility index (Phi) is 13.4. The highest BCUT2D eigenvalue weighted by Gasteiger charge is 2.25. The Balaban J connectivity index is 0.00000612. The van der Waals surface area contributed by atoms with Gasteiger partial charge in [0.25, 0.3) is 0 Å². The summed E-state index contributed by atoms with van der Waals surface area (Å²) in [6.07, 6.45) is 3.77. The van der Waals surface area contributed by atoms with E-state index in [-0.39, 0.29) is 31.2 Å². The predicted molar refractivity (Wildman–Crippen MR) is 139 cm³/mol. The van der Waals surface area contributed by atoms with Crippen molar-refractivity contribution >= 4 is 41.2 Å². The number of carbonyl (C=O) groups excluding carboxylic acids is 3. The van der Waals surface area contributed by atoms with E-state index >= 15 is 0 Å². The maximum absolute atomic E-state index is 12.8. The van der Waals surface area contributed by atoms with Crippen molar-refractivity contribution in [2.45, 2.75) is 71.9 Å². The lowest BCUT2D eigenvalue weighted by atomic mass is 10.0. The molecule has 2 rings (SSSR count). The van der Waals surface area contributed by atoms with Crippen LogP contribution >= 0.6 is 12.4 Å². The fourth-order valence-electron chi connectivity index (χ4n) is 3.38. The summed E-state index contributed by atoms with van der Waals surface area (Å²) in [4.78, 5) is 40.6. The number of nitrogens with two attached hydrogens (primary N) is 1. The van der Waals surface area contributed by atoms with Crippen LogP contribution in [0.1, 0.15) is 58.9 Å². The van der Waals surface area contributed by atoms with Crippen molar-refractivity contribution in [3.63, 3.8) is 0 Å². The van der Waals surface area contributed by atoms with Crippen LogP contribution in [0, 0.1) is 11.8 Å². The van der Waals surface area contributed by atoms with Crippen LogP contribution in [0.5, 0.6) is 0 Å². The SMILES string of the molecule is CC(C)CCOC(=O)C(N)CCC(=O)N[C@@H](Cc1c[nH]c2ccccc12)C(=O)OCCC(C)C.Cl. The first-order chi connectivity index (χ1) is 16.2. The standard InChI is InChI=1S/C26H39N3O5.ClH/c1-17(2)11-13-33-25(31)21(27)9-10-24(30)29-23(26(32)34-14-12-18(3)4)15-19-16-28-22-8-6-5-7-20(19)22;/h5-8,16-18,21,23,28H,9-15,27H2,1-4H3,(H,29,30);1H/t21?,23-;/m0./s1. The summed E-state index contributed by atoms with van der Waals surface area (Å²) >= 11 is 0. The third kappa shape index (κ3) is 10.7. The topological polar surface area (TPSA) is 124 Å². The third-order valence-corrected chi connectivity index (χ3v) is 5.58. The second kappa shape index (κ2) is 15.4. The number of nitrogens with one attached hydrogen (secondary N) is 2. The van der Waals surface area contributed by atoms with Crippen molar-refractivity contribution in [3.8, 4) is 0 Å². The number of para-hydroxylation sites is 1. The summed E-state index contributed by atoms with van der Waals surface area (Å²) in [5.74, 6) is -0.537. The van der Waals surface area contributed by atoms with Crippen LogP contribution < -0.4 is 11.1 Å². The molecule has 0 aliphatic heterocycles. The molecule has 2 aromatic rings. The molecule has 0 fully saturated rings. The van der Waals surface area contributed by atoms with Gasteiger partial charge in [-0.25, -0.2) is 4.79 Å². The van der Waals surface area contributed by atoms with Gasteiger partial charge in [0, 0.05) is 29.9 Å². The molecule has 2 atom stereocenters. The second-order valence-corrected chi connectivity index (χ2v) is 9.53. The number of benzene rings is 1. The molecule has 0 saturated heterocycles. The number of fused-ring (bicyclic) bond motifs is 1. The summed E-state index contributed by atoms with van der Waals surface area (Å²) in [6, 6.07) is 6.05. The molecule has 1 aromatic carbocycles. The Morgan fingerprint density at radius 1 is 0.943 bits per heavy atom. The van der Waals surface area contributed by atoms with Gasteiger partial charge in [-0.2, -0.15) is 0 Å². The van der Waals surface area contributed by atoms with Crippen LogP contribution in [-0.2, 0) is 30.3 Å². The zero-order chi connectivity index (χ0) is 25.1. The van der Waals surface area contributed by atoms with Crippen LogP contribution in [0.25, 0.3) is 10.9 Å². The number of ether oxygens (including phenoxy) is 2. The average Bonchev–Trinajstić information content (AvgIpc) is 3.19. The Morgan fingerprint density at radius 3 is 2.17 bits per heavy atom. The average molecular weight is 510 g/mol. The number of amides is 1. The molecule has 196 valence electrons. The summed E-state index contributed by atoms with van der Waals surface area (Å²) in [5.41, 5.74) is 7.75. The zero-order valence-corrected chi connectivity index (χ0v) is 22.0. The molecule has 0 aliphatic rings. The molecule has 35 heavy (non-hydrogen) atoms. The van der Waals surface area contributed by atoms with Gasteiger partial charge < -0.3 is 25.5 Å². The molecule has 1 heterocycles. The van der Waals surface area contributed by atoms with Crippen LogP contribution in [0.3, 0.4) is 0 Å². The van der Waals surface area contributed by atoms with Crippen LogP contribution in [0.15, 0.2) is 30.5 Å². The monoisotopic (exact) mass is 509 g/mol. The van der Waals surface area contributed by atoms with E-state index in [9.17, 15) is 14.4 Å². The predicted octanol–water partition coefficient (Wildman–Crippen LogP) is 3.90. The Morgan fingerprint density at radius 2 is 1.54 bits per heavy atom. The largest absolute Gasteiger partial charge is 0.465 e. The quantitative estimate of drug-likeness (QED) is 0.332. The number of carbonyl (C=O) groups is 3. The maximum Gasteiger partial charge on any atom is 0.328 e. The molecular formula is C26H40ClN3O5. The molecule has 0 aliphatic carbocycles. The fraction of sp³-hybridized carbons (Fsp3) is 0.577. The van der Waals surface area contributed by atoms with E-state index in [1.807, 2.05) is 44.3 Å². The fourth-order valence-corrected chi connectivity index (χ4v) is 3.38. The van der Waals surface area contributed by atoms with Crippen molar-refractivity contribution in [2.24, 2.45) is 17.6 Å². The van der Waals surface area contributed by atoms with Gasteiger partial charge in [-0.15, -0.1) is 12.4 Å². The van der Waals surface area contributed by atoms with E-state index in [2.05, 4.69) is 24.1 Å². The first kappa shape index (κ1) is 30.5. The van der Waals surface area contributed by atoms with Gasteiger partial charge in [0.05, 0.1) is 13.2 Å². The van der Waals surface area contributed by atoms with Crippen LogP contribution in [-0.4, -0.2) is 48.1 Å². The molecule has 0 saturated carbocycles. The van der Waals surface area contributed by atoms with E-state index in [1.165, 1.54) is 0 Å². The highest BCUT2D eigenvalue weighted by molar-refractivity contribution is 5.87. The molecule has 0 spiro atoms. The first-order valence-corrected chi connectivity index (χ1v) is 12.1. The molecule has 8 nitrogen and oxygen atoms in total. The van der Waals surface area contributed by atoms with E-state index in [0.717, 1.165) is 29.3 Å². The molecule has 1 amide bonds. The summed E-state index contributed by atoms with van der Waals surface area (Å²) in [7, 11) is 0. The van der Waals surface area contributed by atoms with Gasteiger partial charge in [-0.3, -0.25) is 9.59 Å². The molecular weight excluding hydrogens is 470 g/mol. The van der Waals surface area contributed by atoms with Crippen molar-refractivity contribution in [2.75, 3.05) is 13.2 Å². The highest BCUT2D eigenvalue weighted by Crippen LogP contribution is 2.19. The highest BCUT2D eigenvalue weighted by atomic mass is 35.5. The number of aromatic amines is 1. The van der Waals surface area contributed by atoms with Gasteiger partial charge in [-0.05, 0) is 42.7 Å². The number of rotatable bonds is 14. The van der Waals surface area contributed by atoms with Gasteiger partial charge in [-0.1, -0.05) is 45.9 Å². The second-order valence-electron chi connectivity index (χ2n) is 9.53. The van der Waals surface area contributed by atoms with Crippen molar-refractivity contribution in [1.29, 1.82) is 0 Å². The van der Waals surface area contributed by atoms with Crippen LogP contribution in [0.4, 0.5) is 0 Å². The minimum absolute atomic E-state index is 0. The number of aromatic nitrogens is 1. The number of hydrogen-bond donors (Lipinski definition) is 3. The number of esters is 2. The normalized spacial score (nSPS) is 12.8. The Bertz CT molecular complexity index is 944. The maximum atomic E-state index is 12.8. The van der Waals surface area contributed by atoms with Crippen molar-refractivity contribution < 1.29 is 23.9 Å². The van der Waals surface area contributed by atoms with Gasteiger partial charge in [0.2, 0.25) is 5.91 Å². The molecule has 4 N–H and O–H groups in total. The van der Waals surface area contributed by atoms with Gasteiger partial charge in [0.1, 0.15) is 12.1 Å². The number of hydrogen-bond acceptors (Lipinski definition) is 6. The summed E-state index contributed by atoms with van der Waals surface area (Å²) in [5, 5.41) is 3.76. The van der Waals surface area contributed by atoms with E-state index in [0.29, 0.717) is 31.5 Å². The minimum atomic E-state index is -0.886. The smallest absolute Gasteiger partial charge is 0.328 e. The van der Waals surface area contributed by atoms with Crippen molar-refractivity contribution in [3.05, 3.63) is 36.0 Å². The lowest BCUT2D eigenvalue weighted by Crippen LogP contribution is -2.44. The molecule has 9 heteroatoms. The minimum Gasteiger partial charge on any atom is -0.465 e. The Labute approximate surface area is 214 Å². The van der Waals surface area contributed by atoms with Crippen LogP contribution in [0.2, 0.25) is 0 Å². The molecule has 1 aromatic heterocycles. The molecule has 0 bridgehead atoms. The van der Waals surface area contributed by atoms with E-state index in [1.54, 1.807) is 0 Å². The third-order valence-electron chi connectivity index (χ3n) is 5.58. The number of halogens is 1. The lowest BCUT2D eigenvalue weighted by molar-refractivity contribution is -0.148. The summed E-state index contributed by atoms with van der Waals surface area (Å²) in [6.45, 7) is 8.79. The first-order valence-electron chi connectivity index (χ1n) is 12.1. The Hall–Kier alpha value is -2.58. The lowest BCUT2D eigenvalue weighted by Gasteiger charge is -2.19. The van der Waals surface area contributed by atoms with Gasteiger partial charge in [0.15, 0.2) is 0 Å². The summed E-state index contributed by atoms with van der Waals surface area (Å²) < 4.78 is 10.6. The molecule has 1 unspecified atom stereocenters.